The molecule has 6 heteroatoms. The number of H-pyrrole nitrogens is 1. The number of amides is 2. The first-order valence-corrected chi connectivity index (χ1v) is 8.16. The van der Waals surface area contributed by atoms with Crippen LogP contribution in [-0.2, 0) is 0 Å². The molecule has 0 radical (unpaired) electrons. The van der Waals surface area contributed by atoms with E-state index >= 15 is 0 Å². The van der Waals surface area contributed by atoms with Crippen LogP contribution in [0.1, 0.15) is 6.92 Å². The number of benzene rings is 2. The zero-order valence-corrected chi connectivity index (χ0v) is 13.6. The number of para-hydroxylation sites is 1. The second-order valence-electron chi connectivity index (χ2n) is 4.74. The van der Waals surface area contributed by atoms with Gasteiger partial charge in [-0.2, -0.15) is 0 Å². The molecule has 2 amide bonds. The summed E-state index contributed by atoms with van der Waals surface area (Å²) in [5, 5.41) is 2.91. The summed E-state index contributed by atoms with van der Waals surface area (Å²) in [5.74, 6) is 0. The van der Waals surface area contributed by atoms with Gasteiger partial charge in [-0.15, -0.1) is 11.3 Å². The van der Waals surface area contributed by atoms with Gasteiger partial charge in [-0.05, 0) is 49.5 Å². The summed E-state index contributed by atoms with van der Waals surface area (Å²) in [6, 6.07) is 15.2. The third kappa shape index (κ3) is 3.03. The molecule has 0 unspecified atom stereocenters. The molecule has 0 aliphatic heterocycles. The van der Waals surface area contributed by atoms with Gasteiger partial charge in [0.2, 0.25) is 0 Å². The van der Waals surface area contributed by atoms with Crippen LogP contribution < -0.4 is 10.2 Å². The summed E-state index contributed by atoms with van der Waals surface area (Å²) in [7, 11) is 0. The van der Waals surface area contributed by atoms with Crippen LogP contribution in [0.15, 0.2) is 48.5 Å². The molecule has 0 fully saturated rings. The lowest BCUT2D eigenvalue weighted by atomic mass is 10.2. The van der Waals surface area contributed by atoms with Crippen molar-refractivity contribution in [2.24, 2.45) is 0 Å². The Morgan fingerprint density at radius 3 is 2.77 bits per heavy atom. The Kier molecular flexibility index (Phi) is 4.22. The maximum absolute atomic E-state index is 12.5. The number of aromatic nitrogens is 1. The lowest BCUT2D eigenvalue weighted by molar-refractivity contribution is 0.257. The topological polar surface area (TPSA) is 48.1 Å². The number of thiazole rings is 1. The minimum absolute atomic E-state index is 0.146. The Morgan fingerprint density at radius 1 is 1.27 bits per heavy atom. The van der Waals surface area contributed by atoms with Crippen molar-refractivity contribution >= 4 is 51.2 Å². The van der Waals surface area contributed by atoms with Gasteiger partial charge < -0.3 is 10.3 Å². The molecule has 2 N–H and O–H groups in total. The minimum atomic E-state index is -0.146. The maximum atomic E-state index is 12.5. The van der Waals surface area contributed by atoms with Gasteiger partial charge in [0, 0.05) is 17.9 Å². The van der Waals surface area contributed by atoms with Crippen molar-refractivity contribution in [1.82, 2.24) is 4.98 Å². The van der Waals surface area contributed by atoms with E-state index in [9.17, 15) is 4.79 Å². The molecule has 3 aromatic rings. The Morgan fingerprint density at radius 2 is 2.05 bits per heavy atom. The van der Waals surface area contributed by atoms with Gasteiger partial charge in [0.05, 0.1) is 10.2 Å². The van der Waals surface area contributed by atoms with Crippen LogP contribution in [0.25, 0.3) is 10.2 Å². The monoisotopic (exact) mass is 329 g/mol. The molecule has 1 aromatic heterocycles. The number of fused-ring (bicyclic) bond motifs is 1. The molecular weight excluding hydrogens is 314 g/mol. The molecule has 4 nitrogen and oxygen atoms in total. The fourth-order valence-corrected chi connectivity index (χ4v) is 3.41. The fourth-order valence-electron chi connectivity index (χ4n) is 2.26. The SMILES string of the molecule is CCN(C(=O)Nc1ccccc1)c1ccc2[nH]c(=S)sc2c1. The summed E-state index contributed by atoms with van der Waals surface area (Å²) in [4.78, 5) is 17.3. The highest BCUT2D eigenvalue weighted by Gasteiger charge is 2.14. The first-order chi connectivity index (χ1) is 10.7. The number of nitrogens with zero attached hydrogens (tertiary/aromatic N) is 1. The van der Waals surface area contributed by atoms with Crippen LogP contribution >= 0.6 is 23.6 Å². The lowest BCUT2D eigenvalue weighted by Gasteiger charge is -2.21. The molecule has 22 heavy (non-hydrogen) atoms. The number of anilines is 2. The van der Waals surface area contributed by atoms with Crippen molar-refractivity contribution in [3.63, 3.8) is 0 Å². The lowest BCUT2D eigenvalue weighted by Crippen LogP contribution is -2.34. The van der Waals surface area contributed by atoms with E-state index in [-0.39, 0.29) is 6.03 Å². The highest BCUT2D eigenvalue weighted by Crippen LogP contribution is 2.26. The number of aromatic amines is 1. The Balaban J connectivity index is 1.88. The zero-order chi connectivity index (χ0) is 15.5. The van der Waals surface area contributed by atoms with E-state index in [1.165, 1.54) is 11.3 Å². The standard InChI is InChI=1S/C16H15N3OS2/c1-2-19(15(20)17-11-6-4-3-5-7-11)12-8-9-13-14(10-12)22-16(21)18-13/h3-10H,2H2,1H3,(H,17,20)(H,18,21). The predicted molar refractivity (Wildman–Crippen MR) is 95.5 cm³/mol. The first-order valence-electron chi connectivity index (χ1n) is 6.94. The molecule has 0 bridgehead atoms. The molecule has 0 atom stereocenters. The van der Waals surface area contributed by atoms with Crippen molar-refractivity contribution in [1.29, 1.82) is 0 Å². The van der Waals surface area contributed by atoms with Crippen molar-refractivity contribution in [2.75, 3.05) is 16.8 Å². The van der Waals surface area contributed by atoms with Crippen LogP contribution in [0.5, 0.6) is 0 Å². The normalized spacial score (nSPS) is 10.6. The summed E-state index contributed by atoms with van der Waals surface area (Å²) in [6.45, 7) is 2.54. The van der Waals surface area contributed by atoms with Crippen molar-refractivity contribution in [2.45, 2.75) is 6.92 Å². The average Bonchev–Trinajstić information content (AvgIpc) is 2.88. The minimum Gasteiger partial charge on any atom is -0.337 e. The van der Waals surface area contributed by atoms with Gasteiger partial charge in [-0.3, -0.25) is 4.90 Å². The van der Waals surface area contributed by atoms with E-state index in [1.807, 2.05) is 55.5 Å². The van der Waals surface area contributed by atoms with Gasteiger partial charge in [-0.1, -0.05) is 18.2 Å². The van der Waals surface area contributed by atoms with Gasteiger partial charge >= 0.3 is 6.03 Å². The third-order valence-corrected chi connectivity index (χ3v) is 4.50. The van der Waals surface area contributed by atoms with Crippen LogP contribution in [-0.4, -0.2) is 17.6 Å². The zero-order valence-electron chi connectivity index (χ0n) is 12.0. The van der Waals surface area contributed by atoms with E-state index in [1.54, 1.807) is 4.90 Å². The van der Waals surface area contributed by atoms with Gasteiger partial charge in [-0.25, -0.2) is 4.79 Å². The molecule has 0 aliphatic carbocycles. The highest BCUT2D eigenvalue weighted by atomic mass is 32.1. The average molecular weight is 329 g/mol. The van der Waals surface area contributed by atoms with Gasteiger partial charge in [0.1, 0.15) is 0 Å². The van der Waals surface area contributed by atoms with Gasteiger partial charge in [0.15, 0.2) is 3.95 Å². The number of urea groups is 1. The molecule has 0 spiro atoms. The Labute approximate surface area is 137 Å². The van der Waals surface area contributed by atoms with E-state index in [2.05, 4.69) is 10.3 Å². The molecule has 3 rings (SSSR count). The van der Waals surface area contributed by atoms with Gasteiger partial charge in [0.25, 0.3) is 0 Å². The number of carbonyl (C=O) groups is 1. The van der Waals surface area contributed by atoms with E-state index in [0.29, 0.717) is 6.54 Å². The number of hydrogen-bond acceptors (Lipinski definition) is 3. The van der Waals surface area contributed by atoms with E-state index < -0.39 is 0 Å². The first kappa shape index (κ1) is 14.7. The molecule has 2 aromatic carbocycles. The van der Waals surface area contributed by atoms with Crippen molar-refractivity contribution in [3.05, 3.63) is 52.5 Å². The maximum Gasteiger partial charge on any atom is 0.326 e. The summed E-state index contributed by atoms with van der Waals surface area (Å²) in [6.07, 6.45) is 0. The van der Waals surface area contributed by atoms with Crippen LogP contribution in [0.3, 0.4) is 0 Å². The number of hydrogen-bond donors (Lipinski definition) is 2. The molecule has 1 heterocycles. The molecule has 112 valence electrons. The van der Waals surface area contributed by atoms with Crippen LogP contribution in [0.2, 0.25) is 0 Å². The number of carbonyl (C=O) groups excluding carboxylic acids is 1. The summed E-state index contributed by atoms with van der Waals surface area (Å²) < 4.78 is 1.79. The van der Waals surface area contributed by atoms with Crippen LogP contribution in [0.4, 0.5) is 16.2 Å². The molecular formula is C16H15N3OS2. The molecule has 0 saturated carbocycles. The number of nitrogens with one attached hydrogen (secondary N) is 2. The third-order valence-electron chi connectivity index (χ3n) is 3.30. The molecule has 0 aliphatic rings. The fraction of sp³-hybridized carbons (Fsp3) is 0.125. The second-order valence-corrected chi connectivity index (χ2v) is 6.45. The van der Waals surface area contributed by atoms with E-state index in [0.717, 1.165) is 25.5 Å². The van der Waals surface area contributed by atoms with Crippen molar-refractivity contribution < 1.29 is 4.79 Å². The van der Waals surface area contributed by atoms with Crippen LogP contribution in [0, 0.1) is 3.95 Å². The highest BCUT2D eigenvalue weighted by molar-refractivity contribution is 7.73. The predicted octanol–water partition coefficient (Wildman–Crippen LogP) is 5.02. The summed E-state index contributed by atoms with van der Waals surface area (Å²) >= 11 is 6.67. The molecule has 0 saturated heterocycles. The van der Waals surface area contributed by atoms with E-state index in [4.69, 9.17) is 12.2 Å². The number of rotatable bonds is 3. The summed E-state index contributed by atoms with van der Waals surface area (Å²) in [5.41, 5.74) is 2.64. The Hall–Kier alpha value is -2.18. The second kappa shape index (κ2) is 6.29. The van der Waals surface area contributed by atoms with Crippen molar-refractivity contribution in [3.8, 4) is 0 Å². The Bertz CT molecular complexity index is 854. The quantitative estimate of drug-likeness (QED) is 0.663. The largest absolute Gasteiger partial charge is 0.337 e. The smallest absolute Gasteiger partial charge is 0.326 e.